The standard InChI is InChI=1S/6CN.Fe.4O.2U/c6*1-2;;;;;;;/q;;;;;;-4;;;;;2*+2. The first-order chi connectivity index (χ1) is 8.80. The Morgan fingerprint density at radius 2 is 0.632 bits per heavy atom. The van der Waals surface area contributed by atoms with E-state index in [2.05, 4.69) is 0 Å². The molecule has 10 nitrogen and oxygen atoms in total. The minimum atomic E-state index is -6.17. The molecule has 0 amide bonds. The monoisotopic (exact) mass is 752 g/mol. The number of nitriles is 6. The molecule has 0 saturated heterocycles. The van der Waals surface area contributed by atoms with Crippen molar-refractivity contribution in [1.29, 1.82) is 31.6 Å². The molecule has 0 rings (SSSR count). The number of hydrogen-bond acceptors (Lipinski definition) is 10. The van der Waals surface area contributed by atoms with E-state index < -0.39 is 66.4 Å². The van der Waals surface area contributed by atoms with Crippen LogP contribution in [0.2, 0.25) is 0 Å². The van der Waals surface area contributed by atoms with Crippen molar-refractivity contribution in [3.8, 4) is 29.8 Å². The summed E-state index contributed by atoms with van der Waals surface area (Å²) in [5.41, 5.74) is 0. The molecular formula is C6FeN6O4U2. The van der Waals surface area contributed by atoms with Crippen LogP contribution >= 0.6 is 0 Å². The third kappa shape index (κ3) is 4.42. The van der Waals surface area contributed by atoms with Gasteiger partial charge in [0.2, 0.25) is 0 Å². The van der Waals surface area contributed by atoms with Crippen molar-refractivity contribution in [2.45, 2.75) is 0 Å². The van der Waals surface area contributed by atoms with Gasteiger partial charge < -0.3 is 0 Å². The van der Waals surface area contributed by atoms with Gasteiger partial charge in [0.25, 0.3) is 0 Å². The number of hydrogen-bond donors (Lipinski definition) is 0. The van der Waals surface area contributed by atoms with Crippen LogP contribution in [0.1, 0.15) is 0 Å². The molecule has 0 N–H and O–H groups in total. The van der Waals surface area contributed by atoms with E-state index in [0.29, 0.717) is 0 Å². The molecule has 0 spiro atoms. The van der Waals surface area contributed by atoms with Crippen LogP contribution in [0, 0.1) is 117 Å². The van der Waals surface area contributed by atoms with E-state index in [1.807, 2.05) is 0 Å². The van der Waals surface area contributed by atoms with E-state index in [-0.39, 0.29) is 0 Å². The van der Waals surface area contributed by atoms with E-state index in [1.54, 1.807) is 0 Å². The van der Waals surface area contributed by atoms with Crippen molar-refractivity contribution in [3.05, 3.63) is 0 Å². The Bertz CT molecular complexity index is 552. The van der Waals surface area contributed by atoms with E-state index >= 15 is 0 Å². The average molecular weight is 752 g/mol. The molecule has 19 heavy (non-hydrogen) atoms. The second kappa shape index (κ2) is 8.79. The maximum absolute atomic E-state index is 8.58. The molecule has 0 aliphatic heterocycles. The van der Waals surface area contributed by atoms with Crippen molar-refractivity contribution >= 4 is 0 Å². The van der Waals surface area contributed by atoms with Crippen LogP contribution in [0.3, 0.4) is 0 Å². The fourth-order valence-corrected chi connectivity index (χ4v) is 1.09. The maximum atomic E-state index is 8.58. The molecule has 0 aromatic carbocycles. The third-order valence-corrected chi connectivity index (χ3v) is 4.89. The van der Waals surface area contributed by atoms with E-state index in [9.17, 15) is 0 Å². The first-order valence-electron chi connectivity index (χ1n) is 3.22. The Morgan fingerprint density at radius 3 is 0.632 bits per heavy atom. The molecule has 0 aromatic rings. The summed E-state index contributed by atoms with van der Waals surface area (Å²) in [5, 5.41) is 51.5. The summed E-state index contributed by atoms with van der Waals surface area (Å²) in [4.78, 5) is 6.19. The Labute approximate surface area is 135 Å². The van der Waals surface area contributed by atoms with E-state index in [0.717, 1.165) is 29.8 Å². The minimum absolute atomic E-state index is 1.03. The molecule has 13 heteroatoms. The number of nitrogens with zero attached hydrogens (tertiary/aromatic N) is 6. The molecule has 94 valence electrons. The summed E-state index contributed by atoms with van der Waals surface area (Å²) >= 11 is -5.01. The van der Waals surface area contributed by atoms with Crippen LogP contribution in [0.4, 0.5) is 0 Å². The van der Waals surface area contributed by atoms with Gasteiger partial charge in [-0.1, -0.05) is 0 Å². The van der Waals surface area contributed by atoms with Crippen LogP contribution < -0.4 is 0 Å². The third-order valence-electron chi connectivity index (χ3n) is 1.19. The van der Waals surface area contributed by atoms with Crippen molar-refractivity contribution in [2.24, 2.45) is 0 Å². The molecule has 0 aliphatic rings. The summed E-state index contributed by atoms with van der Waals surface area (Å²) in [6.45, 7) is 0. The van der Waals surface area contributed by atoms with Gasteiger partial charge in [0.1, 0.15) is 0 Å². The zero-order valence-electron chi connectivity index (χ0n) is 8.67. The van der Waals surface area contributed by atoms with Crippen molar-refractivity contribution in [1.82, 2.24) is 0 Å². The first kappa shape index (κ1) is 22.9. The second-order valence-electron chi connectivity index (χ2n) is 1.97. The topological polar surface area (TPSA) is 211 Å². The SMILES string of the molecule is N#[C][Fe-4]([C]#N)([C]#N)([C]#N)([C]#N)[C]#N.[O]=[U+2]=[O].[O]=[U+2]=[O]. The summed E-state index contributed by atoms with van der Waals surface area (Å²) in [5.74, 6) is 0. The Hall–Kier alpha value is -1.24. The Balaban J connectivity index is -0.000000360. The normalized spacial score (nSPS) is 10.0. The quantitative estimate of drug-likeness (QED) is 0.293. The predicted molar refractivity (Wildman–Crippen MR) is 36.4 cm³/mol. The number of rotatable bonds is 0. The van der Waals surface area contributed by atoms with Gasteiger partial charge in [-0.25, -0.2) is 0 Å². The van der Waals surface area contributed by atoms with Gasteiger partial charge in [-0.15, -0.1) is 0 Å². The first-order valence-corrected chi connectivity index (χ1v) is 13.3. The molecule has 0 aliphatic carbocycles. The average Bonchev–Trinajstić information content (AvgIpc) is 2.47. The van der Waals surface area contributed by atoms with Gasteiger partial charge in [0.15, 0.2) is 0 Å². The summed E-state index contributed by atoms with van der Waals surface area (Å²) in [7, 11) is -6.17. The Kier molecular flexibility index (Phi) is 10.6. The summed E-state index contributed by atoms with van der Waals surface area (Å²) in [6, 6.07) is 0. The van der Waals surface area contributed by atoms with Gasteiger partial charge in [-0.2, -0.15) is 0 Å². The van der Waals surface area contributed by atoms with Crippen LogP contribution in [-0.4, -0.2) is 0 Å². The molecule has 0 fully saturated rings. The summed E-state index contributed by atoms with van der Waals surface area (Å²) < 4.78 is 34.3. The van der Waals surface area contributed by atoms with Crippen LogP contribution in [-0.2, 0) is 19.7 Å². The molecule has 0 bridgehead atoms. The van der Waals surface area contributed by atoms with Gasteiger partial charge >= 0.3 is 137 Å². The van der Waals surface area contributed by atoms with Gasteiger partial charge in [-0.05, 0) is 0 Å². The van der Waals surface area contributed by atoms with Crippen LogP contribution in [0.15, 0.2) is 0 Å². The molecule has 0 radical (unpaired) electrons. The molecule has 0 heterocycles. The fraction of sp³-hybridized carbons (Fsp3) is 0. The molecule has 0 saturated carbocycles. The van der Waals surface area contributed by atoms with Gasteiger partial charge in [-0.3, -0.25) is 0 Å². The van der Waals surface area contributed by atoms with E-state index in [1.165, 1.54) is 0 Å². The molecular weight excluding hydrogens is 752 g/mol. The predicted octanol–water partition coefficient (Wildman–Crippen LogP) is -0.377. The van der Waals surface area contributed by atoms with Gasteiger partial charge in [0.05, 0.1) is 0 Å². The summed E-state index contributed by atoms with van der Waals surface area (Å²) in [6.07, 6.45) is 0. The van der Waals surface area contributed by atoms with E-state index in [4.69, 9.17) is 40.5 Å². The molecule has 0 atom stereocenters. The molecule has 0 unspecified atom stereocenters. The van der Waals surface area contributed by atoms with Crippen molar-refractivity contribution in [2.75, 3.05) is 0 Å². The Morgan fingerprint density at radius 1 is 0.526 bits per heavy atom. The van der Waals surface area contributed by atoms with Crippen LogP contribution in [0.5, 0.6) is 0 Å². The van der Waals surface area contributed by atoms with Crippen LogP contribution in [0.25, 0.3) is 0 Å². The van der Waals surface area contributed by atoms with Crippen molar-refractivity contribution in [3.63, 3.8) is 0 Å². The zero-order valence-corrected chi connectivity index (χ0v) is 18.1. The zero-order chi connectivity index (χ0) is 16.1. The molecule has 0 aromatic heterocycles. The fourth-order valence-electron chi connectivity index (χ4n) is 0.265. The van der Waals surface area contributed by atoms with Crippen molar-refractivity contribution < 1.29 is 75.3 Å². The van der Waals surface area contributed by atoms with Gasteiger partial charge in [0, 0.05) is 0 Å². The second-order valence-corrected chi connectivity index (χ2v) is 8.98.